The van der Waals surface area contributed by atoms with Crippen LogP contribution in [0, 0.1) is 0 Å². The van der Waals surface area contributed by atoms with E-state index in [0.29, 0.717) is 0 Å². The van der Waals surface area contributed by atoms with Crippen LogP contribution >= 0.6 is 0 Å². The summed E-state index contributed by atoms with van der Waals surface area (Å²) in [4.78, 5) is 0. The predicted octanol–water partition coefficient (Wildman–Crippen LogP) is 3.28. The lowest BCUT2D eigenvalue weighted by Crippen LogP contribution is -2.35. The van der Waals surface area contributed by atoms with Crippen LogP contribution in [0.3, 0.4) is 0 Å². The van der Waals surface area contributed by atoms with Gasteiger partial charge < -0.3 is 9.47 Å². The van der Waals surface area contributed by atoms with Crippen molar-refractivity contribution < 1.29 is 9.47 Å². The molecule has 0 amide bonds. The van der Waals surface area contributed by atoms with Gasteiger partial charge in [-0.15, -0.1) is 0 Å². The smallest absolute Gasteiger partial charge is 0.0874 e. The van der Waals surface area contributed by atoms with Crippen LogP contribution in [-0.4, -0.2) is 18.8 Å². The predicted molar refractivity (Wildman–Crippen MR) is 58.2 cm³/mol. The number of hydrogen-bond acceptors (Lipinski definition) is 2. The van der Waals surface area contributed by atoms with E-state index in [1.807, 2.05) is 0 Å². The van der Waals surface area contributed by atoms with E-state index >= 15 is 0 Å². The molecular weight excluding hydrogens is 176 g/mol. The Kier molecular flexibility index (Phi) is 5.02. The van der Waals surface area contributed by atoms with E-state index in [4.69, 9.17) is 9.47 Å². The van der Waals surface area contributed by atoms with E-state index in [1.54, 1.807) is 0 Å². The third-order valence-corrected chi connectivity index (χ3v) is 3.09. The molecule has 0 aliphatic carbocycles. The lowest BCUT2D eigenvalue weighted by atomic mass is 9.87. The molecule has 0 aromatic heterocycles. The van der Waals surface area contributed by atoms with Gasteiger partial charge in [0.25, 0.3) is 0 Å². The molecule has 0 spiro atoms. The first-order valence-electron chi connectivity index (χ1n) is 5.69. The van der Waals surface area contributed by atoms with Crippen molar-refractivity contribution in [1.82, 2.24) is 0 Å². The Morgan fingerprint density at radius 1 is 1.50 bits per heavy atom. The average Bonchev–Trinajstić information content (AvgIpc) is 2.26. The second kappa shape index (κ2) is 6.07. The minimum atomic E-state index is 0.156. The molecular formula is C12H22O2. The molecule has 0 N–H and O–H groups in total. The third kappa shape index (κ3) is 3.33. The van der Waals surface area contributed by atoms with Crippen molar-refractivity contribution in [3.05, 3.63) is 12.8 Å². The monoisotopic (exact) mass is 198 g/mol. The molecule has 1 saturated heterocycles. The molecule has 1 aliphatic rings. The minimum absolute atomic E-state index is 0.156. The van der Waals surface area contributed by atoms with Crippen molar-refractivity contribution >= 4 is 0 Å². The van der Waals surface area contributed by atoms with Gasteiger partial charge >= 0.3 is 0 Å². The van der Waals surface area contributed by atoms with E-state index in [-0.39, 0.29) is 5.60 Å². The van der Waals surface area contributed by atoms with Gasteiger partial charge in [-0.05, 0) is 38.5 Å². The second-order valence-electron chi connectivity index (χ2n) is 3.98. The van der Waals surface area contributed by atoms with Gasteiger partial charge in [-0.1, -0.05) is 13.5 Å². The summed E-state index contributed by atoms with van der Waals surface area (Å²) < 4.78 is 11.0. The van der Waals surface area contributed by atoms with Crippen LogP contribution in [0.25, 0.3) is 0 Å². The van der Waals surface area contributed by atoms with Gasteiger partial charge in [0.15, 0.2) is 0 Å². The fraction of sp³-hybridized carbons (Fsp3) is 0.833. The summed E-state index contributed by atoms with van der Waals surface area (Å²) in [6.45, 7) is 7.46. The molecule has 0 bridgehead atoms. The highest BCUT2D eigenvalue weighted by Crippen LogP contribution is 2.32. The molecule has 82 valence electrons. The van der Waals surface area contributed by atoms with Crippen molar-refractivity contribution in [1.29, 1.82) is 0 Å². The van der Waals surface area contributed by atoms with E-state index in [1.165, 1.54) is 25.5 Å². The summed E-state index contributed by atoms with van der Waals surface area (Å²) in [5, 5.41) is 0. The van der Waals surface area contributed by atoms with Crippen molar-refractivity contribution in [3.8, 4) is 0 Å². The van der Waals surface area contributed by atoms with Crippen LogP contribution in [0.4, 0.5) is 0 Å². The molecule has 0 aromatic rings. The lowest BCUT2D eigenvalue weighted by Gasteiger charge is -2.36. The zero-order valence-corrected chi connectivity index (χ0v) is 9.26. The molecule has 0 aromatic carbocycles. The van der Waals surface area contributed by atoms with Crippen LogP contribution in [0.15, 0.2) is 12.8 Å². The summed E-state index contributed by atoms with van der Waals surface area (Å²) in [7, 11) is 0. The Hall–Kier alpha value is -0.500. The summed E-state index contributed by atoms with van der Waals surface area (Å²) >= 11 is 0. The number of ether oxygens (including phenoxy) is 2. The van der Waals surface area contributed by atoms with Gasteiger partial charge in [0.05, 0.1) is 18.5 Å². The topological polar surface area (TPSA) is 18.5 Å². The summed E-state index contributed by atoms with van der Waals surface area (Å²) in [5.74, 6) is 0. The van der Waals surface area contributed by atoms with Gasteiger partial charge in [-0.3, -0.25) is 0 Å². The van der Waals surface area contributed by atoms with Gasteiger partial charge in [-0.25, -0.2) is 0 Å². The van der Waals surface area contributed by atoms with Crippen molar-refractivity contribution in [3.63, 3.8) is 0 Å². The molecule has 1 rings (SSSR count). The highest BCUT2D eigenvalue weighted by Gasteiger charge is 2.30. The normalized spacial score (nSPS) is 27.2. The molecule has 1 atom stereocenters. The Morgan fingerprint density at radius 2 is 2.36 bits per heavy atom. The van der Waals surface area contributed by atoms with Crippen LogP contribution in [0.1, 0.15) is 45.4 Å². The lowest BCUT2D eigenvalue weighted by molar-refractivity contribution is -0.0884. The fourth-order valence-electron chi connectivity index (χ4n) is 2.12. The maximum atomic E-state index is 5.91. The maximum absolute atomic E-state index is 5.91. The van der Waals surface area contributed by atoms with E-state index < -0.39 is 0 Å². The van der Waals surface area contributed by atoms with Crippen LogP contribution < -0.4 is 0 Å². The van der Waals surface area contributed by atoms with Crippen LogP contribution in [-0.2, 0) is 9.47 Å². The molecule has 1 unspecified atom stereocenters. The van der Waals surface area contributed by atoms with Gasteiger partial charge in [-0.2, -0.15) is 0 Å². The largest absolute Gasteiger partial charge is 0.502 e. The van der Waals surface area contributed by atoms with Crippen LogP contribution in [0.5, 0.6) is 0 Å². The van der Waals surface area contributed by atoms with E-state index in [9.17, 15) is 0 Å². The Balaban J connectivity index is 2.25. The number of hydrogen-bond donors (Lipinski definition) is 0. The zero-order chi connectivity index (χ0) is 10.3. The summed E-state index contributed by atoms with van der Waals surface area (Å²) in [6.07, 6.45) is 8.59. The molecule has 2 heteroatoms. The molecule has 14 heavy (non-hydrogen) atoms. The molecule has 1 fully saturated rings. The Bertz CT molecular complexity index is 160. The van der Waals surface area contributed by atoms with E-state index in [0.717, 1.165) is 32.5 Å². The first-order chi connectivity index (χ1) is 6.83. The standard InChI is InChI=1S/C12H22O2/c1-3-12(8-5-6-11-14-12)9-7-10-13-4-2/h4H,2-3,5-11H2,1H3. The van der Waals surface area contributed by atoms with Crippen LogP contribution in [0.2, 0.25) is 0 Å². The number of rotatable bonds is 6. The molecule has 0 radical (unpaired) electrons. The van der Waals surface area contributed by atoms with Crippen molar-refractivity contribution in [2.24, 2.45) is 0 Å². The zero-order valence-electron chi connectivity index (χ0n) is 9.26. The summed E-state index contributed by atoms with van der Waals surface area (Å²) in [6, 6.07) is 0. The van der Waals surface area contributed by atoms with E-state index in [2.05, 4.69) is 13.5 Å². The first-order valence-corrected chi connectivity index (χ1v) is 5.69. The van der Waals surface area contributed by atoms with Gasteiger partial charge in [0.1, 0.15) is 0 Å². The second-order valence-corrected chi connectivity index (χ2v) is 3.98. The van der Waals surface area contributed by atoms with Crippen molar-refractivity contribution in [2.75, 3.05) is 13.2 Å². The third-order valence-electron chi connectivity index (χ3n) is 3.09. The molecule has 0 saturated carbocycles. The van der Waals surface area contributed by atoms with Crippen molar-refractivity contribution in [2.45, 2.75) is 51.0 Å². The maximum Gasteiger partial charge on any atom is 0.0874 e. The summed E-state index contributed by atoms with van der Waals surface area (Å²) in [5.41, 5.74) is 0.156. The average molecular weight is 198 g/mol. The first kappa shape index (κ1) is 11.6. The molecule has 1 aliphatic heterocycles. The highest BCUT2D eigenvalue weighted by molar-refractivity contribution is 4.82. The Labute approximate surface area is 87.3 Å². The minimum Gasteiger partial charge on any atom is -0.502 e. The van der Waals surface area contributed by atoms with Gasteiger partial charge in [0, 0.05) is 6.61 Å². The molecule has 2 nitrogen and oxygen atoms in total. The molecule has 1 heterocycles. The fourth-order valence-corrected chi connectivity index (χ4v) is 2.12. The highest BCUT2D eigenvalue weighted by atomic mass is 16.5. The quantitative estimate of drug-likeness (QED) is 0.481. The van der Waals surface area contributed by atoms with Gasteiger partial charge in [0.2, 0.25) is 0 Å². The SMILES string of the molecule is C=COCCCC1(CC)CCCCO1. The Morgan fingerprint density at radius 3 is 2.93 bits per heavy atom.